The number of hydrogen-bond donors (Lipinski definition) is 2. The Labute approximate surface area is 120 Å². The van der Waals surface area contributed by atoms with Gasteiger partial charge in [0, 0.05) is 12.6 Å². The first-order valence-electron chi connectivity index (χ1n) is 6.19. The van der Waals surface area contributed by atoms with Crippen molar-refractivity contribution in [3.63, 3.8) is 0 Å². The van der Waals surface area contributed by atoms with Gasteiger partial charge in [0.1, 0.15) is 5.82 Å². The van der Waals surface area contributed by atoms with Gasteiger partial charge in [-0.15, -0.1) is 0 Å². The minimum Gasteiger partial charge on any atom is -0.296 e. The van der Waals surface area contributed by atoms with Crippen LogP contribution in [0.1, 0.15) is 30.0 Å². The molecule has 0 radical (unpaired) electrons. The fourth-order valence-electron chi connectivity index (χ4n) is 2.08. The van der Waals surface area contributed by atoms with Crippen molar-refractivity contribution in [2.45, 2.75) is 25.2 Å². The number of hydrogen-bond acceptors (Lipinski definition) is 5. The van der Waals surface area contributed by atoms with Crippen LogP contribution in [0.15, 0.2) is 12.3 Å². The highest BCUT2D eigenvalue weighted by molar-refractivity contribution is 7.85. The van der Waals surface area contributed by atoms with E-state index in [1.807, 2.05) is 0 Å². The van der Waals surface area contributed by atoms with E-state index in [4.69, 9.17) is 4.55 Å². The Morgan fingerprint density at radius 3 is 2.71 bits per heavy atom. The fourth-order valence-corrected chi connectivity index (χ4v) is 2.58. The number of aryl methyl sites for hydroxylation is 1. The number of pyridine rings is 1. The molecule has 1 unspecified atom stereocenters. The summed E-state index contributed by atoms with van der Waals surface area (Å²) in [6.45, 7) is 0. The molecule has 21 heavy (non-hydrogen) atoms. The molecule has 2 amide bonds. The fraction of sp³-hybridized carbons (Fsp3) is 0.417. The van der Waals surface area contributed by atoms with Crippen LogP contribution in [0.5, 0.6) is 0 Å². The monoisotopic (exact) mass is 316 g/mol. The zero-order valence-corrected chi connectivity index (χ0v) is 11.7. The lowest BCUT2D eigenvalue weighted by Gasteiger charge is -2.20. The van der Waals surface area contributed by atoms with Gasteiger partial charge < -0.3 is 0 Å². The summed E-state index contributed by atoms with van der Waals surface area (Å²) < 4.78 is 43.9. The average Bonchev–Trinajstić information content (AvgIpc) is 2.37. The number of halogens is 1. The molecular weight excluding hydrogens is 303 g/mol. The second kappa shape index (κ2) is 5.86. The van der Waals surface area contributed by atoms with Crippen LogP contribution in [-0.4, -0.2) is 35.5 Å². The van der Waals surface area contributed by atoms with Gasteiger partial charge in [-0.05, 0) is 24.5 Å². The highest BCUT2D eigenvalue weighted by Crippen LogP contribution is 2.25. The molecule has 1 saturated heterocycles. The van der Waals surface area contributed by atoms with Gasteiger partial charge in [-0.1, -0.05) is 0 Å². The predicted octanol–water partition coefficient (Wildman–Crippen LogP) is 0.171. The van der Waals surface area contributed by atoms with Gasteiger partial charge in [0.05, 0.1) is 17.4 Å². The highest BCUT2D eigenvalue weighted by atomic mass is 32.2. The first kappa shape index (κ1) is 15.5. The number of nitrogens with one attached hydrogen (secondary N) is 1. The van der Waals surface area contributed by atoms with E-state index in [2.05, 4.69) is 10.3 Å². The summed E-state index contributed by atoms with van der Waals surface area (Å²) in [7, 11) is -4.13. The molecule has 1 aromatic heterocycles. The Morgan fingerprint density at radius 2 is 2.14 bits per heavy atom. The highest BCUT2D eigenvalue weighted by Gasteiger charge is 2.31. The van der Waals surface area contributed by atoms with Crippen molar-refractivity contribution in [3.8, 4) is 0 Å². The van der Waals surface area contributed by atoms with Crippen molar-refractivity contribution in [2.24, 2.45) is 0 Å². The van der Waals surface area contributed by atoms with Crippen LogP contribution in [-0.2, 0) is 26.1 Å². The quantitative estimate of drug-likeness (QED) is 0.605. The lowest BCUT2D eigenvalue weighted by molar-refractivity contribution is -0.134. The minimum atomic E-state index is -4.13. The van der Waals surface area contributed by atoms with E-state index < -0.39 is 39.4 Å². The summed E-state index contributed by atoms with van der Waals surface area (Å²) in [4.78, 5) is 26.5. The standard InChI is InChI=1S/C12H13FN2O5S/c13-9-5-7(3-4-21(18,19)20)6-14-11(9)8-1-2-10(16)15-12(8)17/h5-6,8H,1-4H2,(H,15,16,17)(H,18,19,20). The average molecular weight is 316 g/mol. The molecule has 9 heteroatoms. The van der Waals surface area contributed by atoms with Gasteiger partial charge in [0.25, 0.3) is 10.1 Å². The molecule has 1 aliphatic heterocycles. The third-order valence-corrected chi connectivity index (χ3v) is 3.86. The molecule has 1 fully saturated rings. The summed E-state index contributed by atoms with van der Waals surface area (Å²) in [6.07, 6.45) is 1.46. The lowest BCUT2D eigenvalue weighted by Crippen LogP contribution is -2.40. The van der Waals surface area contributed by atoms with Crippen LogP contribution in [0.3, 0.4) is 0 Å². The zero-order chi connectivity index (χ0) is 15.6. The number of carbonyl (C=O) groups excluding carboxylic acids is 2. The first-order valence-corrected chi connectivity index (χ1v) is 7.80. The molecule has 1 aromatic rings. The van der Waals surface area contributed by atoms with Crippen molar-refractivity contribution in [1.82, 2.24) is 10.3 Å². The Hall–Kier alpha value is -1.87. The summed E-state index contributed by atoms with van der Waals surface area (Å²) >= 11 is 0. The van der Waals surface area contributed by atoms with Crippen LogP contribution in [0, 0.1) is 5.82 Å². The third kappa shape index (κ3) is 4.05. The Balaban J connectivity index is 2.16. The lowest BCUT2D eigenvalue weighted by atomic mass is 9.93. The smallest absolute Gasteiger partial charge is 0.265 e. The molecule has 114 valence electrons. The van der Waals surface area contributed by atoms with Gasteiger partial charge in [-0.2, -0.15) is 8.42 Å². The van der Waals surface area contributed by atoms with Crippen LogP contribution in [0.25, 0.3) is 0 Å². The SMILES string of the molecule is O=C1CCC(c2ncc(CCS(=O)(=O)O)cc2F)C(=O)N1. The number of aromatic nitrogens is 1. The van der Waals surface area contributed by atoms with E-state index in [-0.39, 0.29) is 25.0 Å². The molecule has 1 atom stereocenters. The molecule has 2 N–H and O–H groups in total. The Kier molecular flexibility index (Phi) is 4.33. The summed E-state index contributed by atoms with van der Waals surface area (Å²) in [5.74, 6) is -3.10. The molecule has 0 saturated carbocycles. The van der Waals surface area contributed by atoms with Crippen LogP contribution < -0.4 is 5.32 Å². The molecule has 0 bridgehead atoms. The van der Waals surface area contributed by atoms with E-state index in [1.165, 1.54) is 6.20 Å². The van der Waals surface area contributed by atoms with Crippen LogP contribution in [0.4, 0.5) is 4.39 Å². The van der Waals surface area contributed by atoms with E-state index in [0.717, 1.165) is 6.07 Å². The molecule has 7 nitrogen and oxygen atoms in total. The topological polar surface area (TPSA) is 113 Å². The van der Waals surface area contributed by atoms with Crippen molar-refractivity contribution in [1.29, 1.82) is 0 Å². The van der Waals surface area contributed by atoms with Gasteiger partial charge in [-0.3, -0.25) is 24.4 Å². The predicted molar refractivity (Wildman–Crippen MR) is 69.4 cm³/mol. The second-order valence-corrected chi connectivity index (χ2v) is 6.32. The van der Waals surface area contributed by atoms with E-state index in [0.29, 0.717) is 5.56 Å². The van der Waals surface area contributed by atoms with E-state index in [1.54, 1.807) is 0 Å². The third-order valence-electron chi connectivity index (χ3n) is 3.14. The molecule has 0 aliphatic carbocycles. The number of amides is 2. The minimum absolute atomic E-state index is 0.0735. The number of rotatable bonds is 4. The summed E-state index contributed by atoms with van der Waals surface area (Å²) in [5.41, 5.74) is 0.219. The van der Waals surface area contributed by atoms with Gasteiger partial charge >= 0.3 is 0 Å². The largest absolute Gasteiger partial charge is 0.296 e. The number of piperidine rings is 1. The van der Waals surface area contributed by atoms with Crippen molar-refractivity contribution >= 4 is 21.9 Å². The summed E-state index contributed by atoms with van der Waals surface area (Å²) in [5, 5.41) is 2.12. The molecule has 0 aromatic carbocycles. The molecule has 2 heterocycles. The Bertz CT molecular complexity index is 689. The van der Waals surface area contributed by atoms with Crippen molar-refractivity contribution in [3.05, 3.63) is 29.3 Å². The molecular formula is C12H13FN2O5S. The maximum Gasteiger partial charge on any atom is 0.265 e. The second-order valence-electron chi connectivity index (χ2n) is 4.75. The summed E-state index contributed by atoms with van der Waals surface area (Å²) in [6, 6.07) is 1.08. The Morgan fingerprint density at radius 1 is 1.43 bits per heavy atom. The van der Waals surface area contributed by atoms with Crippen molar-refractivity contribution < 1.29 is 27.0 Å². The van der Waals surface area contributed by atoms with Crippen LogP contribution in [0.2, 0.25) is 0 Å². The molecule has 2 rings (SSSR count). The maximum absolute atomic E-state index is 14.0. The van der Waals surface area contributed by atoms with Gasteiger partial charge in [0.15, 0.2) is 0 Å². The first-order chi connectivity index (χ1) is 9.76. The number of imide groups is 1. The van der Waals surface area contributed by atoms with Gasteiger partial charge in [-0.25, -0.2) is 4.39 Å². The zero-order valence-electron chi connectivity index (χ0n) is 10.9. The van der Waals surface area contributed by atoms with Crippen LogP contribution >= 0.6 is 0 Å². The maximum atomic E-state index is 14.0. The van der Waals surface area contributed by atoms with E-state index in [9.17, 15) is 22.4 Å². The number of carbonyl (C=O) groups is 2. The molecule has 1 aliphatic rings. The molecule has 0 spiro atoms. The van der Waals surface area contributed by atoms with Crippen molar-refractivity contribution in [2.75, 3.05) is 5.75 Å². The van der Waals surface area contributed by atoms with Gasteiger partial charge in [0.2, 0.25) is 11.8 Å². The normalized spacial score (nSPS) is 19.4. The number of nitrogens with zero attached hydrogens (tertiary/aromatic N) is 1. The van der Waals surface area contributed by atoms with E-state index >= 15 is 0 Å².